The van der Waals surface area contributed by atoms with Crippen LogP contribution in [0.4, 0.5) is 0 Å². The maximum absolute atomic E-state index is 11.9. The first-order valence-corrected chi connectivity index (χ1v) is 5.82. The molecular weight excluding hydrogens is 200 g/mol. The third kappa shape index (κ3) is 1.88. The summed E-state index contributed by atoms with van der Waals surface area (Å²) in [4.78, 5) is 14.1. The van der Waals surface area contributed by atoms with E-state index in [4.69, 9.17) is 5.73 Å². The highest BCUT2D eigenvalue weighted by molar-refractivity contribution is 5.87. The molecule has 16 heavy (non-hydrogen) atoms. The summed E-state index contributed by atoms with van der Waals surface area (Å²) in [7, 11) is 0. The number of rotatable bonds is 3. The quantitative estimate of drug-likeness (QED) is 0.836. The van der Waals surface area contributed by atoms with E-state index in [9.17, 15) is 4.79 Å². The fourth-order valence-electron chi connectivity index (χ4n) is 2.42. The Morgan fingerprint density at radius 3 is 2.88 bits per heavy atom. The number of nitrogens with zero attached hydrogens (tertiary/aromatic N) is 1. The average molecular weight is 218 g/mol. The van der Waals surface area contributed by atoms with Crippen LogP contribution in [0.25, 0.3) is 0 Å². The Balaban J connectivity index is 2.38. The van der Waals surface area contributed by atoms with Gasteiger partial charge in [0.1, 0.15) is 0 Å². The molecule has 1 aromatic rings. The fraction of sp³-hybridized carbons (Fsp3) is 0.462. The van der Waals surface area contributed by atoms with Crippen molar-refractivity contribution in [3.05, 3.63) is 35.4 Å². The first kappa shape index (κ1) is 11.3. The molecule has 1 saturated heterocycles. The molecule has 0 amide bonds. The number of Topliss-reactive ketones (excluding diaryl/α,β-unsaturated/α-hetero) is 1. The predicted molar refractivity (Wildman–Crippen MR) is 63.9 cm³/mol. The molecule has 0 radical (unpaired) electrons. The van der Waals surface area contributed by atoms with Crippen molar-refractivity contribution in [3.63, 3.8) is 0 Å². The number of benzene rings is 1. The van der Waals surface area contributed by atoms with Crippen molar-refractivity contribution >= 4 is 5.78 Å². The second kappa shape index (κ2) is 4.76. The lowest BCUT2D eigenvalue weighted by molar-refractivity contribution is -0.120. The average Bonchev–Trinajstić information content (AvgIpc) is 2.70. The van der Waals surface area contributed by atoms with Crippen molar-refractivity contribution in [2.75, 3.05) is 13.1 Å². The minimum Gasteiger partial charge on any atom is -0.326 e. The monoisotopic (exact) mass is 218 g/mol. The van der Waals surface area contributed by atoms with Gasteiger partial charge in [-0.2, -0.15) is 0 Å². The van der Waals surface area contributed by atoms with Gasteiger partial charge in [-0.3, -0.25) is 9.69 Å². The molecule has 1 fully saturated rings. The van der Waals surface area contributed by atoms with Gasteiger partial charge in [-0.25, -0.2) is 0 Å². The van der Waals surface area contributed by atoms with E-state index in [1.807, 2.05) is 24.3 Å². The van der Waals surface area contributed by atoms with E-state index in [0.717, 1.165) is 24.2 Å². The van der Waals surface area contributed by atoms with E-state index < -0.39 is 0 Å². The Kier molecular flexibility index (Phi) is 3.36. The highest BCUT2D eigenvalue weighted by Crippen LogP contribution is 2.30. The molecule has 1 aromatic carbocycles. The van der Waals surface area contributed by atoms with E-state index in [2.05, 4.69) is 11.8 Å². The summed E-state index contributed by atoms with van der Waals surface area (Å²) >= 11 is 0. The molecule has 0 saturated carbocycles. The van der Waals surface area contributed by atoms with E-state index in [-0.39, 0.29) is 6.04 Å². The Bertz CT molecular complexity index is 389. The molecular formula is C13H18N2O. The van der Waals surface area contributed by atoms with Gasteiger partial charge in [0.25, 0.3) is 0 Å². The number of likely N-dealkylation sites (tertiary alicyclic amines) is 1. The molecule has 0 bridgehead atoms. The number of likely N-dealkylation sites (N-methyl/N-ethyl adjacent to an activating group) is 1. The Morgan fingerprint density at radius 1 is 1.44 bits per heavy atom. The van der Waals surface area contributed by atoms with E-state index >= 15 is 0 Å². The first-order valence-electron chi connectivity index (χ1n) is 5.82. The molecule has 1 aliphatic heterocycles. The lowest BCUT2D eigenvalue weighted by Crippen LogP contribution is -2.26. The minimum absolute atomic E-state index is 0.0650. The molecule has 1 heterocycles. The van der Waals surface area contributed by atoms with Gasteiger partial charge in [0.2, 0.25) is 0 Å². The summed E-state index contributed by atoms with van der Waals surface area (Å²) in [5.74, 6) is 0.322. The van der Waals surface area contributed by atoms with Crippen molar-refractivity contribution < 1.29 is 4.79 Å². The van der Waals surface area contributed by atoms with E-state index in [1.165, 1.54) is 0 Å². The minimum atomic E-state index is -0.0650. The summed E-state index contributed by atoms with van der Waals surface area (Å²) in [5, 5.41) is 0. The topological polar surface area (TPSA) is 46.3 Å². The van der Waals surface area contributed by atoms with Gasteiger partial charge < -0.3 is 5.73 Å². The third-order valence-corrected chi connectivity index (χ3v) is 3.29. The summed E-state index contributed by atoms with van der Waals surface area (Å²) in [6, 6.07) is 7.92. The van der Waals surface area contributed by atoms with Crippen LogP contribution in [0, 0.1) is 0 Å². The lowest BCUT2D eigenvalue weighted by Gasteiger charge is -2.23. The maximum atomic E-state index is 11.9. The second-order valence-electron chi connectivity index (χ2n) is 4.15. The van der Waals surface area contributed by atoms with Crippen LogP contribution in [-0.4, -0.2) is 23.8 Å². The van der Waals surface area contributed by atoms with Crippen molar-refractivity contribution in [3.8, 4) is 0 Å². The number of hydrogen-bond donors (Lipinski definition) is 1. The molecule has 1 atom stereocenters. The summed E-state index contributed by atoms with van der Waals surface area (Å²) in [5.41, 5.74) is 7.90. The largest absolute Gasteiger partial charge is 0.326 e. The van der Waals surface area contributed by atoms with Crippen LogP contribution in [0.1, 0.15) is 30.5 Å². The van der Waals surface area contributed by atoms with Crippen LogP contribution in [0.3, 0.4) is 0 Å². The van der Waals surface area contributed by atoms with Crippen molar-refractivity contribution in [2.45, 2.75) is 25.9 Å². The fourth-order valence-corrected chi connectivity index (χ4v) is 2.42. The molecule has 0 aliphatic carbocycles. The van der Waals surface area contributed by atoms with Gasteiger partial charge in [-0.1, -0.05) is 31.2 Å². The zero-order valence-electron chi connectivity index (χ0n) is 9.65. The molecule has 2 rings (SSSR count). The number of ketones is 1. The number of nitrogens with two attached hydrogens (primary N) is 1. The molecule has 86 valence electrons. The standard InChI is InChI=1S/C13H18N2O/c1-2-15-8-7-12(16)13(15)11-6-4-3-5-10(11)9-14/h3-6,13H,2,7-9,14H2,1H3. The van der Waals surface area contributed by atoms with Crippen LogP contribution >= 0.6 is 0 Å². The molecule has 1 unspecified atom stereocenters. The summed E-state index contributed by atoms with van der Waals surface area (Å²) in [6.07, 6.45) is 0.664. The van der Waals surface area contributed by atoms with E-state index in [0.29, 0.717) is 18.7 Å². The highest BCUT2D eigenvalue weighted by Gasteiger charge is 2.33. The van der Waals surface area contributed by atoms with Gasteiger partial charge in [-0.15, -0.1) is 0 Å². The lowest BCUT2D eigenvalue weighted by atomic mass is 9.97. The van der Waals surface area contributed by atoms with Crippen molar-refractivity contribution in [2.24, 2.45) is 5.73 Å². The Hall–Kier alpha value is -1.19. The van der Waals surface area contributed by atoms with Gasteiger partial charge in [0, 0.05) is 19.5 Å². The third-order valence-electron chi connectivity index (χ3n) is 3.29. The first-order chi connectivity index (χ1) is 7.77. The number of carbonyl (C=O) groups is 1. The molecule has 2 N–H and O–H groups in total. The van der Waals surface area contributed by atoms with Gasteiger partial charge in [-0.05, 0) is 17.7 Å². The predicted octanol–water partition coefficient (Wildman–Crippen LogP) is 1.48. The summed E-state index contributed by atoms with van der Waals surface area (Å²) in [6.45, 7) is 4.38. The zero-order chi connectivity index (χ0) is 11.5. The molecule has 3 nitrogen and oxygen atoms in total. The molecule has 0 spiro atoms. The Morgan fingerprint density at radius 2 is 2.19 bits per heavy atom. The van der Waals surface area contributed by atoms with Crippen LogP contribution in [-0.2, 0) is 11.3 Å². The maximum Gasteiger partial charge on any atom is 0.155 e. The van der Waals surface area contributed by atoms with Crippen LogP contribution in [0.2, 0.25) is 0 Å². The number of carbonyl (C=O) groups excluding carboxylic acids is 1. The van der Waals surface area contributed by atoms with E-state index in [1.54, 1.807) is 0 Å². The van der Waals surface area contributed by atoms with Crippen LogP contribution < -0.4 is 5.73 Å². The van der Waals surface area contributed by atoms with Gasteiger partial charge in [0.05, 0.1) is 6.04 Å². The molecule has 0 aromatic heterocycles. The van der Waals surface area contributed by atoms with Crippen LogP contribution in [0.15, 0.2) is 24.3 Å². The zero-order valence-corrected chi connectivity index (χ0v) is 9.65. The summed E-state index contributed by atoms with van der Waals surface area (Å²) < 4.78 is 0. The molecule has 3 heteroatoms. The highest BCUT2D eigenvalue weighted by atomic mass is 16.1. The molecule has 1 aliphatic rings. The van der Waals surface area contributed by atoms with Crippen LogP contribution in [0.5, 0.6) is 0 Å². The van der Waals surface area contributed by atoms with Crippen molar-refractivity contribution in [1.29, 1.82) is 0 Å². The smallest absolute Gasteiger partial charge is 0.155 e. The van der Waals surface area contributed by atoms with Gasteiger partial charge in [0.15, 0.2) is 5.78 Å². The SMILES string of the molecule is CCN1CCC(=O)C1c1ccccc1CN. The second-order valence-corrected chi connectivity index (χ2v) is 4.15. The normalized spacial score (nSPS) is 21.6. The van der Waals surface area contributed by atoms with Gasteiger partial charge >= 0.3 is 0 Å². The van der Waals surface area contributed by atoms with Crippen molar-refractivity contribution in [1.82, 2.24) is 4.90 Å². The number of hydrogen-bond acceptors (Lipinski definition) is 3. The Labute approximate surface area is 96.2 Å².